The van der Waals surface area contributed by atoms with Crippen molar-refractivity contribution in [2.45, 2.75) is 12.7 Å². The number of para-hydroxylation sites is 2. The summed E-state index contributed by atoms with van der Waals surface area (Å²) in [5, 5.41) is 0. The average Bonchev–Trinajstić information content (AvgIpc) is 2.81. The molecule has 0 spiro atoms. The molecule has 1 heterocycles. The first-order chi connectivity index (χ1) is 14.4. The molecule has 30 heavy (non-hydrogen) atoms. The number of rotatable bonds is 5. The van der Waals surface area contributed by atoms with Gasteiger partial charge in [0.15, 0.2) is 5.75 Å². The summed E-state index contributed by atoms with van der Waals surface area (Å²) in [6.07, 6.45) is 0. The minimum absolute atomic E-state index is 0.226. The van der Waals surface area contributed by atoms with Gasteiger partial charge in [-0.3, -0.25) is 9.52 Å². The van der Waals surface area contributed by atoms with Crippen molar-refractivity contribution in [2.75, 3.05) is 16.2 Å². The number of amides is 1. The highest BCUT2D eigenvalue weighted by atomic mass is 32.2. The van der Waals surface area contributed by atoms with Crippen LogP contribution < -0.4 is 14.4 Å². The van der Waals surface area contributed by atoms with Gasteiger partial charge < -0.3 is 9.64 Å². The lowest BCUT2D eigenvalue weighted by atomic mass is 10.1. The maximum absolute atomic E-state index is 13.4. The van der Waals surface area contributed by atoms with E-state index in [2.05, 4.69) is 4.72 Å². The van der Waals surface area contributed by atoms with Crippen LogP contribution in [0.15, 0.2) is 66.7 Å². The number of hydrogen-bond acceptors (Lipinski definition) is 4. The van der Waals surface area contributed by atoms with E-state index in [1.807, 2.05) is 19.1 Å². The molecule has 3 aromatic carbocycles. The second-order valence-electron chi connectivity index (χ2n) is 6.82. The third kappa shape index (κ3) is 3.99. The molecule has 0 saturated carbocycles. The Kier molecular flexibility index (Phi) is 5.17. The standard InChI is InChI=1S/C22H19FN2O4S/c1-2-25-19-8-3-4-9-21(19)29-20-11-10-17(13-18(20)22(25)26)24-30(27,28)14-15-6-5-7-16(23)12-15/h3-13,24H,2,14H2,1H3. The van der Waals surface area contributed by atoms with Gasteiger partial charge in [-0.25, -0.2) is 12.8 Å². The maximum Gasteiger partial charge on any atom is 0.262 e. The highest BCUT2D eigenvalue weighted by Crippen LogP contribution is 2.39. The van der Waals surface area contributed by atoms with Gasteiger partial charge in [-0.15, -0.1) is 0 Å². The monoisotopic (exact) mass is 426 g/mol. The smallest absolute Gasteiger partial charge is 0.262 e. The summed E-state index contributed by atoms with van der Waals surface area (Å²) in [5.74, 6) is -0.292. The first kappa shape index (κ1) is 19.9. The molecule has 1 aliphatic heterocycles. The van der Waals surface area contributed by atoms with Gasteiger partial charge in [0.1, 0.15) is 11.6 Å². The van der Waals surface area contributed by atoms with Gasteiger partial charge in [0.2, 0.25) is 10.0 Å². The Morgan fingerprint density at radius 3 is 2.57 bits per heavy atom. The first-order valence-electron chi connectivity index (χ1n) is 9.34. The number of anilines is 2. The Balaban J connectivity index is 1.64. The molecule has 1 amide bonds. The predicted molar refractivity (Wildman–Crippen MR) is 113 cm³/mol. The molecule has 0 radical (unpaired) electrons. The fourth-order valence-electron chi connectivity index (χ4n) is 3.37. The zero-order valence-corrected chi connectivity index (χ0v) is 16.9. The Morgan fingerprint density at radius 2 is 1.80 bits per heavy atom. The summed E-state index contributed by atoms with van der Waals surface area (Å²) in [7, 11) is -3.81. The van der Waals surface area contributed by atoms with E-state index in [4.69, 9.17) is 4.74 Å². The van der Waals surface area contributed by atoms with Gasteiger partial charge in [-0.05, 0) is 55.0 Å². The molecule has 4 rings (SSSR count). The van der Waals surface area contributed by atoms with E-state index in [9.17, 15) is 17.6 Å². The molecule has 0 atom stereocenters. The molecule has 3 aromatic rings. The van der Waals surface area contributed by atoms with Crippen LogP contribution >= 0.6 is 0 Å². The van der Waals surface area contributed by atoms with Crippen LogP contribution in [0.25, 0.3) is 0 Å². The average molecular weight is 426 g/mol. The Bertz CT molecular complexity index is 1230. The van der Waals surface area contributed by atoms with Crippen molar-refractivity contribution < 1.29 is 22.3 Å². The molecular formula is C22H19FN2O4S. The Hall–Kier alpha value is -3.39. The molecule has 0 aromatic heterocycles. The quantitative estimate of drug-likeness (QED) is 0.650. The summed E-state index contributed by atoms with van der Waals surface area (Å²) in [6, 6.07) is 17.2. The van der Waals surface area contributed by atoms with E-state index >= 15 is 0 Å². The minimum Gasteiger partial charge on any atom is -0.454 e. The second kappa shape index (κ2) is 7.79. The van der Waals surface area contributed by atoms with Gasteiger partial charge in [0.25, 0.3) is 5.91 Å². The lowest BCUT2D eigenvalue weighted by Gasteiger charge is -2.20. The van der Waals surface area contributed by atoms with Crippen molar-refractivity contribution in [1.82, 2.24) is 0 Å². The predicted octanol–water partition coefficient (Wildman–Crippen LogP) is 4.54. The summed E-state index contributed by atoms with van der Waals surface area (Å²) in [5.41, 5.74) is 1.45. The van der Waals surface area contributed by atoms with Crippen molar-refractivity contribution in [3.05, 3.63) is 83.7 Å². The fourth-order valence-corrected chi connectivity index (χ4v) is 4.54. The SMILES string of the molecule is CCN1C(=O)c2cc(NS(=O)(=O)Cc3cccc(F)c3)ccc2Oc2ccccc21. The van der Waals surface area contributed by atoms with Gasteiger partial charge in [0, 0.05) is 12.2 Å². The number of sulfonamides is 1. The van der Waals surface area contributed by atoms with Gasteiger partial charge >= 0.3 is 0 Å². The van der Waals surface area contributed by atoms with Gasteiger partial charge in [-0.1, -0.05) is 24.3 Å². The van der Waals surface area contributed by atoms with E-state index in [-0.39, 0.29) is 17.2 Å². The van der Waals surface area contributed by atoms with Crippen LogP contribution in [-0.2, 0) is 15.8 Å². The molecular weight excluding hydrogens is 407 g/mol. The van der Waals surface area contributed by atoms with Gasteiger partial charge in [-0.2, -0.15) is 0 Å². The number of hydrogen-bond donors (Lipinski definition) is 1. The summed E-state index contributed by atoms with van der Waals surface area (Å²) in [6.45, 7) is 2.28. The molecule has 1 N–H and O–H groups in total. The third-order valence-corrected chi connectivity index (χ3v) is 5.93. The highest BCUT2D eigenvalue weighted by Gasteiger charge is 2.27. The molecule has 1 aliphatic rings. The second-order valence-corrected chi connectivity index (χ2v) is 8.54. The van der Waals surface area contributed by atoms with E-state index < -0.39 is 21.6 Å². The van der Waals surface area contributed by atoms with Crippen LogP contribution in [0.4, 0.5) is 15.8 Å². The fraction of sp³-hybridized carbons (Fsp3) is 0.136. The molecule has 0 saturated heterocycles. The summed E-state index contributed by atoms with van der Waals surface area (Å²) in [4.78, 5) is 14.7. The van der Waals surface area contributed by atoms with Crippen molar-refractivity contribution in [1.29, 1.82) is 0 Å². The molecule has 154 valence electrons. The zero-order chi connectivity index (χ0) is 21.3. The number of halogens is 1. The molecule has 0 unspecified atom stereocenters. The first-order valence-corrected chi connectivity index (χ1v) is 11.0. The maximum atomic E-state index is 13.4. The molecule has 8 heteroatoms. The third-order valence-electron chi connectivity index (χ3n) is 4.67. The van der Waals surface area contributed by atoms with Crippen molar-refractivity contribution in [3.8, 4) is 11.5 Å². The van der Waals surface area contributed by atoms with E-state index in [0.29, 0.717) is 29.3 Å². The lowest BCUT2D eigenvalue weighted by molar-refractivity contribution is 0.0988. The molecule has 0 fully saturated rings. The van der Waals surface area contributed by atoms with Crippen molar-refractivity contribution >= 4 is 27.3 Å². The molecule has 0 aliphatic carbocycles. The number of benzene rings is 3. The number of fused-ring (bicyclic) bond motifs is 2. The van der Waals surface area contributed by atoms with Gasteiger partial charge in [0.05, 0.1) is 17.0 Å². The Labute approximate surface area is 174 Å². The van der Waals surface area contributed by atoms with E-state index in [0.717, 1.165) is 0 Å². The molecule has 6 nitrogen and oxygen atoms in total. The topological polar surface area (TPSA) is 75.7 Å². The van der Waals surface area contributed by atoms with Crippen LogP contribution in [-0.4, -0.2) is 20.9 Å². The van der Waals surface area contributed by atoms with E-state index in [1.54, 1.807) is 23.1 Å². The van der Waals surface area contributed by atoms with Crippen LogP contribution in [0.1, 0.15) is 22.8 Å². The van der Waals surface area contributed by atoms with Crippen LogP contribution in [0.5, 0.6) is 11.5 Å². The van der Waals surface area contributed by atoms with Crippen molar-refractivity contribution in [2.24, 2.45) is 0 Å². The van der Waals surface area contributed by atoms with Crippen LogP contribution in [0.2, 0.25) is 0 Å². The van der Waals surface area contributed by atoms with Crippen LogP contribution in [0.3, 0.4) is 0 Å². The summed E-state index contributed by atoms with van der Waals surface area (Å²) >= 11 is 0. The van der Waals surface area contributed by atoms with Crippen LogP contribution in [0, 0.1) is 5.82 Å². The summed E-state index contributed by atoms with van der Waals surface area (Å²) < 4.78 is 46.8. The highest BCUT2D eigenvalue weighted by molar-refractivity contribution is 7.91. The lowest BCUT2D eigenvalue weighted by Crippen LogP contribution is -2.29. The minimum atomic E-state index is -3.81. The molecule has 0 bridgehead atoms. The number of nitrogens with one attached hydrogen (secondary N) is 1. The normalized spacial score (nSPS) is 13.1. The largest absolute Gasteiger partial charge is 0.454 e. The Morgan fingerprint density at radius 1 is 1.00 bits per heavy atom. The zero-order valence-electron chi connectivity index (χ0n) is 16.1. The number of carbonyl (C=O) groups excluding carboxylic acids is 1. The number of ether oxygens (including phenoxy) is 1. The number of nitrogens with zero attached hydrogens (tertiary/aromatic N) is 1. The van der Waals surface area contributed by atoms with E-state index in [1.165, 1.54) is 36.4 Å². The number of carbonyl (C=O) groups is 1. The van der Waals surface area contributed by atoms with Crippen molar-refractivity contribution in [3.63, 3.8) is 0 Å².